The first-order valence-corrected chi connectivity index (χ1v) is 7.92. The van der Waals surface area contributed by atoms with Crippen LogP contribution in [0.5, 0.6) is 0 Å². The Morgan fingerprint density at radius 2 is 2.15 bits per heavy atom. The lowest BCUT2D eigenvalue weighted by Gasteiger charge is -2.25. The lowest BCUT2D eigenvalue weighted by Crippen LogP contribution is -2.34. The number of halogens is 2. The molecule has 0 bridgehead atoms. The highest BCUT2D eigenvalue weighted by molar-refractivity contribution is 7.89. The van der Waals surface area contributed by atoms with Crippen molar-refractivity contribution in [3.05, 3.63) is 40.2 Å². The van der Waals surface area contributed by atoms with Gasteiger partial charge in [-0.25, -0.2) is 12.8 Å². The van der Waals surface area contributed by atoms with E-state index in [4.69, 9.17) is 16.7 Å². The van der Waals surface area contributed by atoms with Gasteiger partial charge in [0.1, 0.15) is 5.82 Å². The summed E-state index contributed by atoms with van der Waals surface area (Å²) in [6.45, 7) is 2.06. The van der Waals surface area contributed by atoms with Crippen LogP contribution in [0.15, 0.2) is 28.7 Å². The van der Waals surface area contributed by atoms with Crippen LogP contribution < -0.4 is 0 Å². The van der Waals surface area contributed by atoms with Crippen LogP contribution in [0.4, 0.5) is 4.39 Å². The van der Waals surface area contributed by atoms with Crippen LogP contribution in [-0.4, -0.2) is 30.9 Å². The van der Waals surface area contributed by atoms with Crippen LogP contribution in [0, 0.1) is 5.82 Å². The first kappa shape index (κ1) is 15.4. The van der Waals surface area contributed by atoms with Crippen molar-refractivity contribution in [3.8, 4) is 0 Å². The van der Waals surface area contributed by atoms with Crippen molar-refractivity contribution in [2.45, 2.75) is 24.8 Å². The smallest absolute Gasteiger partial charge is 0.243 e. The van der Waals surface area contributed by atoms with Crippen LogP contribution >= 0.6 is 11.6 Å². The van der Waals surface area contributed by atoms with Crippen molar-refractivity contribution in [2.75, 3.05) is 13.1 Å². The lowest BCUT2D eigenvalue weighted by atomic mass is 10.1. The van der Waals surface area contributed by atoms with Gasteiger partial charge in [-0.1, -0.05) is 23.3 Å². The number of hydrogen-bond donors (Lipinski definition) is 1. The maximum atomic E-state index is 13.6. The summed E-state index contributed by atoms with van der Waals surface area (Å²) >= 11 is 5.67. The molecule has 0 unspecified atom stereocenters. The van der Waals surface area contributed by atoms with E-state index in [1.165, 1.54) is 10.4 Å². The summed E-state index contributed by atoms with van der Waals surface area (Å²) in [6, 6.07) is 2.11. The summed E-state index contributed by atoms with van der Waals surface area (Å²) in [5.41, 5.74) is 1.20. The lowest BCUT2D eigenvalue weighted by molar-refractivity contribution is 0.281. The first-order valence-electron chi connectivity index (χ1n) is 6.11. The van der Waals surface area contributed by atoms with Gasteiger partial charge in [-0.3, -0.25) is 0 Å². The number of aliphatic hydroxyl groups excluding tert-OH is 1. The van der Waals surface area contributed by atoms with Crippen molar-refractivity contribution in [1.29, 1.82) is 0 Å². The van der Waals surface area contributed by atoms with E-state index in [1.807, 2.05) is 13.0 Å². The van der Waals surface area contributed by atoms with Crippen molar-refractivity contribution >= 4 is 21.6 Å². The molecule has 0 atom stereocenters. The molecule has 0 radical (unpaired) electrons. The second-order valence-electron chi connectivity index (χ2n) is 4.70. The van der Waals surface area contributed by atoms with Gasteiger partial charge in [-0.15, -0.1) is 0 Å². The molecular weight excluding hydrogens is 305 g/mol. The number of nitrogens with zero attached hydrogens (tertiary/aromatic N) is 1. The van der Waals surface area contributed by atoms with Crippen LogP contribution in [-0.2, 0) is 16.6 Å². The average molecular weight is 320 g/mol. The Morgan fingerprint density at radius 3 is 2.70 bits per heavy atom. The van der Waals surface area contributed by atoms with Crippen molar-refractivity contribution in [2.24, 2.45) is 0 Å². The maximum Gasteiger partial charge on any atom is 0.243 e. The van der Waals surface area contributed by atoms with Gasteiger partial charge >= 0.3 is 0 Å². The Bertz CT molecular complexity index is 658. The van der Waals surface area contributed by atoms with Crippen molar-refractivity contribution in [3.63, 3.8) is 0 Å². The molecule has 0 aliphatic carbocycles. The summed E-state index contributed by atoms with van der Waals surface area (Å²) in [5, 5.41) is 8.86. The monoisotopic (exact) mass is 319 g/mol. The standard InChI is InChI=1S/C13H15ClFNO3S/c1-9-2-4-16(5-3-9)20(18,19)11-6-10(8-17)13(14)12(15)7-11/h2,6-7,17H,3-5,8H2,1H3. The molecule has 0 fully saturated rings. The SMILES string of the molecule is CC1=CCN(S(=O)(=O)c2cc(F)c(Cl)c(CO)c2)CC1. The predicted molar refractivity (Wildman–Crippen MR) is 74.5 cm³/mol. The third-order valence-corrected chi connectivity index (χ3v) is 5.55. The predicted octanol–water partition coefficient (Wildman–Crippen LogP) is 2.31. The van der Waals surface area contributed by atoms with Gasteiger partial charge in [-0.05, 0) is 25.5 Å². The summed E-state index contributed by atoms with van der Waals surface area (Å²) < 4.78 is 39.8. The van der Waals surface area contributed by atoms with Crippen LogP contribution in [0.25, 0.3) is 0 Å². The Labute approximate surface area is 122 Å². The molecule has 0 aromatic heterocycles. The van der Waals surface area contributed by atoms with Crippen LogP contribution in [0.3, 0.4) is 0 Å². The summed E-state index contributed by atoms with van der Waals surface area (Å²) in [4.78, 5) is -0.184. The Morgan fingerprint density at radius 1 is 1.45 bits per heavy atom. The molecule has 0 amide bonds. The Balaban J connectivity index is 2.42. The van der Waals surface area contributed by atoms with E-state index in [9.17, 15) is 12.8 Å². The molecule has 20 heavy (non-hydrogen) atoms. The largest absolute Gasteiger partial charge is 0.392 e. The molecule has 110 valence electrons. The number of rotatable bonds is 3. The summed E-state index contributed by atoms with van der Waals surface area (Å²) in [7, 11) is -3.78. The molecule has 1 aromatic rings. The molecule has 1 heterocycles. The minimum Gasteiger partial charge on any atom is -0.392 e. The van der Waals surface area contributed by atoms with Gasteiger partial charge in [0.25, 0.3) is 0 Å². The summed E-state index contributed by atoms with van der Waals surface area (Å²) in [5.74, 6) is -0.847. The van der Waals surface area contributed by atoms with E-state index < -0.39 is 22.4 Å². The molecule has 1 aliphatic heterocycles. The fourth-order valence-electron chi connectivity index (χ4n) is 2.00. The summed E-state index contributed by atoms with van der Waals surface area (Å²) in [6.07, 6.45) is 2.49. The fraction of sp³-hybridized carbons (Fsp3) is 0.385. The van der Waals surface area contributed by atoms with E-state index in [1.54, 1.807) is 0 Å². The van der Waals surface area contributed by atoms with E-state index in [0.29, 0.717) is 13.0 Å². The zero-order valence-electron chi connectivity index (χ0n) is 10.9. The molecule has 2 rings (SSSR count). The topological polar surface area (TPSA) is 57.6 Å². The van der Waals surface area contributed by atoms with E-state index in [-0.39, 0.29) is 22.0 Å². The van der Waals surface area contributed by atoms with Gasteiger partial charge in [0.05, 0.1) is 16.5 Å². The molecule has 1 aromatic carbocycles. The quantitative estimate of drug-likeness (QED) is 0.870. The Hall–Kier alpha value is -0.950. The number of hydrogen-bond acceptors (Lipinski definition) is 3. The molecule has 0 spiro atoms. The average Bonchev–Trinajstić information content (AvgIpc) is 2.42. The highest BCUT2D eigenvalue weighted by Gasteiger charge is 2.27. The first-order chi connectivity index (χ1) is 9.36. The van der Waals surface area contributed by atoms with Gasteiger partial charge in [-0.2, -0.15) is 4.31 Å². The molecule has 0 saturated carbocycles. The molecule has 0 saturated heterocycles. The number of aliphatic hydroxyl groups is 1. The minimum atomic E-state index is -3.78. The Kier molecular flexibility index (Phi) is 4.49. The van der Waals surface area contributed by atoms with E-state index >= 15 is 0 Å². The number of benzene rings is 1. The van der Waals surface area contributed by atoms with Gasteiger partial charge in [0.2, 0.25) is 10.0 Å². The zero-order chi connectivity index (χ0) is 14.9. The highest BCUT2D eigenvalue weighted by Crippen LogP contribution is 2.27. The molecular formula is C13H15ClFNO3S. The van der Waals surface area contributed by atoms with Crippen molar-refractivity contribution < 1.29 is 17.9 Å². The van der Waals surface area contributed by atoms with Crippen LogP contribution in [0.1, 0.15) is 18.9 Å². The second kappa shape index (κ2) is 5.81. The van der Waals surface area contributed by atoms with Gasteiger partial charge < -0.3 is 5.11 Å². The van der Waals surface area contributed by atoms with Crippen molar-refractivity contribution in [1.82, 2.24) is 4.31 Å². The number of sulfonamides is 1. The molecule has 1 N–H and O–H groups in total. The normalized spacial score (nSPS) is 17.1. The fourth-order valence-corrected chi connectivity index (χ4v) is 3.61. The van der Waals surface area contributed by atoms with E-state index in [2.05, 4.69) is 0 Å². The maximum absolute atomic E-state index is 13.6. The third kappa shape index (κ3) is 2.88. The van der Waals surface area contributed by atoms with E-state index in [0.717, 1.165) is 11.6 Å². The second-order valence-corrected chi connectivity index (χ2v) is 7.02. The van der Waals surface area contributed by atoms with Gasteiger partial charge in [0, 0.05) is 18.7 Å². The molecule has 4 nitrogen and oxygen atoms in total. The highest BCUT2D eigenvalue weighted by atomic mass is 35.5. The molecule has 1 aliphatic rings. The third-order valence-electron chi connectivity index (χ3n) is 3.28. The minimum absolute atomic E-state index is 0.0639. The molecule has 7 heteroatoms. The van der Waals surface area contributed by atoms with Gasteiger partial charge in [0.15, 0.2) is 0 Å². The van der Waals surface area contributed by atoms with Crippen LogP contribution in [0.2, 0.25) is 5.02 Å². The zero-order valence-corrected chi connectivity index (χ0v) is 12.5.